The van der Waals surface area contributed by atoms with Crippen LogP contribution in [0.25, 0.3) is 0 Å². The van der Waals surface area contributed by atoms with E-state index in [0.29, 0.717) is 18.8 Å². The lowest BCUT2D eigenvalue weighted by Gasteiger charge is -2.35. The number of carbonyl (C=O) groups is 1. The number of amides is 1. The van der Waals surface area contributed by atoms with Gasteiger partial charge in [0.05, 0.1) is 17.1 Å². The fourth-order valence-electron chi connectivity index (χ4n) is 3.50. The van der Waals surface area contributed by atoms with E-state index in [-0.39, 0.29) is 29.4 Å². The summed E-state index contributed by atoms with van der Waals surface area (Å²) in [5.74, 6) is -0.325. The Morgan fingerprint density at radius 2 is 1.86 bits per heavy atom. The van der Waals surface area contributed by atoms with Crippen LogP contribution < -0.4 is 10.6 Å². The summed E-state index contributed by atoms with van der Waals surface area (Å²) in [4.78, 5) is 25.7. The van der Waals surface area contributed by atoms with Crippen molar-refractivity contribution in [2.75, 3.05) is 31.5 Å². The first-order valence-electron chi connectivity index (χ1n) is 9.69. The van der Waals surface area contributed by atoms with Crippen molar-refractivity contribution in [1.82, 2.24) is 10.2 Å². The second-order valence-electron chi connectivity index (χ2n) is 7.25. The quantitative estimate of drug-likeness (QED) is 0.549. The molecule has 1 aliphatic rings. The molecular formula is C21H26N4O4. The summed E-state index contributed by atoms with van der Waals surface area (Å²) in [6.07, 6.45) is 0.337. The Hall–Kier alpha value is -2.97. The number of nitrogens with zero attached hydrogens (tertiary/aromatic N) is 2. The van der Waals surface area contributed by atoms with Gasteiger partial charge in [-0.1, -0.05) is 18.2 Å². The standard InChI is InChI=1S/C21H26N4O4/c1-15-13-24(14-16(2)29-15)11-10-22-21(26)17-8-9-19(20(12-17)25(27)28)23-18-6-4-3-5-7-18/h3-9,12,15-16,23H,10-11,13-14H2,1-2H3,(H,22,26). The number of nitrogens with one attached hydrogen (secondary N) is 2. The zero-order valence-corrected chi connectivity index (χ0v) is 16.6. The first-order valence-corrected chi connectivity index (χ1v) is 9.69. The first kappa shape index (κ1) is 20.8. The molecule has 1 amide bonds. The fourth-order valence-corrected chi connectivity index (χ4v) is 3.50. The number of carbonyl (C=O) groups excluding carboxylic acids is 1. The van der Waals surface area contributed by atoms with E-state index in [0.717, 1.165) is 18.8 Å². The molecule has 2 N–H and O–H groups in total. The monoisotopic (exact) mass is 398 g/mol. The van der Waals surface area contributed by atoms with Crippen LogP contribution in [0.1, 0.15) is 24.2 Å². The minimum absolute atomic E-state index is 0.141. The molecule has 0 saturated carbocycles. The van der Waals surface area contributed by atoms with Gasteiger partial charge in [0, 0.05) is 43.5 Å². The summed E-state index contributed by atoms with van der Waals surface area (Å²) in [7, 11) is 0. The summed E-state index contributed by atoms with van der Waals surface area (Å²) < 4.78 is 5.70. The van der Waals surface area contributed by atoms with Crippen molar-refractivity contribution in [2.24, 2.45) is 0 Å². The van der Waals surface area contributed by atoms with Crippen LogP contribution in [-0.2, 0) is 4.74 Å². The number of nitro benzene ring substituents is 1. The topological polar surface area (TPSA) is 96.7 Å². The van der Waals surface area contributed by atoms with Crippen LogP contribution in [0.5, 0.6) is 0 Å². The molecule has 1 fully saturated rings. The number of para-hydroxylation sites is 1. The zero-order chi connectivity index (χ0) is 20.8. The Kier molecular flexibility index (Phi) is 6.79. The SMILES string of the molecule is CC1CN(CCNC(=O)c2ccc(Nc3ccccc3)c([N+](=O)[O-])c2)CC(C)O1. The maximum atomic E-state index is 12.5. The molecule has 1 aliphatic heterocycles. The van der Waals surface area contributed by atoms with Gasteiger partial charge in [0.1, 0.15) is 5.69 Å². The molecule has 1 saturated heterocycles. The molecule has 2 aromatic rings. The molecule has 8 heteroatoms. The lowest BCUT2D eigenvalue weighted by molar-refractivity contribution is -0.383. The van der Waals surface area contributed by atoms with E-state index in [4.69, 9.17) is 4.74 Å². The maximum absolute atomic E-state index is 12.5. The molecule has 29 heavy (non-hydrogen) atoms. The molecular weight excluding hydrogens is 372 g/mol. The van der Waals surface area contributed by atoms with Gasteiger partial charge in [0.2, 0.25) is 0 Å². The Morgan fingerprint density at radius 1 is 1.17 bits per heavy atom. The van der Waals surface area contributed by atoms with E-state index in [1.54, 1.807) is 12.1 Å². The van der Waals surface area contributed by atoms with E-state index in [9.17, 15) is 14.9 Å². The predicted octanol–water partition coefficient (Wildman–Crippen LogP) is 3.18. The highest BCUT2D eigenvalue weighted by molar-refractivity contribution is 5.95. The van der Waals surface area contributed by atoms with Crippen LogP contribution in [-0.4, -0.2) is 54.1 Å². The van der Waals surface area contributed by atoms with Crippen LogP contribution in [0.4, 0.5) is 17.1 Å². The van der Waals surface area contributed by atoms with Gasteiger partial charge < -0.3 is 15.4 Å². The molecule has 154 valence electrons. The normalized spacial score (nSPS) is 19.5. The summed E-state index contributed by atoms with van der Waals surface area (Å²) in [6.45, 7) is 6.89. The minimum atomic E-state index is -0.488. The Morgan fingerprint density at radius 3 is 2.52 bits per heavy atom. The number of benzene rings is 2. The third-order valence-corrected chi connectivity index (χ3v) is 4.72. The fraction of sp³-hybridized carbons (Fsp3) is 0.381. The highest BCUT2D eigenvalue weighted by Gasteiger charge is 2.22. The molecule has 2 aromatic carbocycles. The third-order valence-electron chi connectivity index (χ3n) is 4.72. The van der Waals surface area contributed by atoms with E-state index in [1.807, 2.05) is 44.2 Å². The van der Waals surface area contributed by atoms with Crippen molar-refractivity contribution < 1.29 is 14.5 Å². The first-order chi connectivity index (χ1) is 13.9. The maximum Gasteiger partial charge on any atom is 0.293 e. The number of ether oxygens (including phenoxy) is 1. The number of hydrogen-bond donors (Lipinski definition) is 2. The molecule has 3 rings (SSSR count). The molecule has 1 heterocycles. The lowest BCUT2D eigenvalue weighted by atomic mass is 10.1. The van der Waals surface area contributed by atoms with Gasteiger partial charge in [-0.25, -0.2) is 0 Å². The van der Waals surface area contributed by atoms with Gasteiger partial charge >= 0.3 is 0 Å². The number of nitro groups is 1. The molecule has 8 nitrogen and oxygen atoms in total. The number of hydrogen-bond acceptors (Lipinski definition) is 6. The molecule has 0 aromatic heterocycles. The van der Waals surface area contributed by atoms with Gasteiger partial charge in [0.25, 0.3) is 11.6 Å². The largest absolute Gasteiger partial charge is 0.373 e. The Bertz CT molecular complexity index is 849. The van der Waals surface area contributed by atoms with E-state index < -0.39 is 4.92 Å². The molecule has 0 aliphatic carbocycles. The predicted molar refractivity (Wildman–Crippen MR) is 112 cm³/mol. The summed E-state index contributed by atoms with van der Waals surface area (Å²) >= 11 is 0. The Labute approximate surface area is 170 Å². The van der Waals surface area contributed by atoms with Crippen LogP contribution >= 0.6 is 0 Å². The van der Waals surface area contributed by atoms with E-state index in [2.05, 4.69) is 15.5 Å². The molecule has 0 radical (unpaired) electrons. The van der Waals surface area contributed by atoms with Crippen LogP contribution in [0.3, 0.4) is 0 Å². The average Bonchev–Trinajstić information content (AvgIpc) is 2.68. The molecule has 0 spiro atoms. The molecule has 2 atom stereocenters. The van der Waals surface area contributed by atoms with E-state index in [1.165, 1.54) is 6.07 Å². The lowest BCUT2D eigenvalue weighted by Crippen LogP contribution is -2.47. The van der Waals surface area contributed by atoms with Crippen molar-refractivity contribution in [1.29, 1.82) is 0 Å². The number of rotatable bonds is 7. The summed E-state index contributed by atoms with van der Waals surface area (Å²) in [5, 5.41) is 17.4. The van der Waals surface area contributed by atoms with Crippen molar-refractivity contribution in [2.45, 2.75) is 26.1 Å². The zero-order valence-electron chi connectivity index (χ0n) is 16.6. The van der Waals surface area contributed by atoms with Crippen molar-refractivity contribution >= 4 is 23.0 Å². The molecule has 0 bridgehead atoms. The summed E-state index contributed by atoms with van der Waals surface area (Å²) in [6, 6.07) is 13.6. The van der Waals surface area contributed by atoms with Gasteiger partial charge in [-0.15, -0.1) is 0 Å². The number of morpholine rings is 1. The van der Waals surface area contributed by atoms with Crippen molar-refractivity contribution in [3.63, 3.8) is 0 Å². The highest BCUT2D eigenvalue weighted by Crippen LogP contribution is 2.28. The number of anilines is 2. The summed E-state index contributed by atoms with van der Waals surface area (Å²) in [5.41, 5.74) is 1.20. The Balaban J connectivity index is 1.61. The van der Waals surface area contributed by atoms with E-state index >= 15 is 0 Å². The van der Waals surface area contributed by atoms with Crippen LogP contribution in [0.15, 0.2) is 48.5 Å². The van der Waals surface area contributed by atoms with Crippen LogP contribution in [0, 0.1) is 10.1 Å². The minimum Gasteiger partial charge on any atom is -0.373 e. The van der Waals surface area contributed by atoms with Gasteiger partial charge in [-0.3, -0.25) is 19.8 Å². The highest BCUT2D eigenvalue weighted by atomic mass is 16.6. The second kappa shape index (κ2) is 9.49. The second-order valence-corrected chi connectivity index (χ2v) is 7.25. The smallest absolute Gasteiger partial charge is 0.293 e. The molecule has 2 unspecified atom stereocenters. The van der Waals surface area contributed by atoms with Gasteiger partial charge in [-0.05, 0) is 38.1 Å². The average molecular weight is 398 g/mol. The van der Waals surface area contributed by atoms with Gasteiger partial charge in [-0.2, -0.15) is 0 Å². The van der Waals surface area contributed by atoms with Crippen molar-refractivity contribution in [3.05, 3.63) is 64.2 Å². The third kappa shape index (κ3) is 5.75. The van der Waals surface area contributed by atoms with Gasteiger partial charge in [0.15, 0.2) is 0 Å². The van der Waals surface area contributed by atoms with Crippen LogP contribution in [0.2, 0.25) is 0 Å². The van der Waals surface area contributed by atoms with Crippen molar-refractivity contribution in [3.8, 4) is 0 Å².